The summed E-state index contributed by atoms with van der Waals surface area (Å²) in [6.45, 7) is 0. The van der Waals surface area contributed by atoms with Crippen molar-refractivity contribution >= 4 is 23.1 Å². The van der Waals surface area contributed by atoms with Gasteiger partial charge in [0.2, 0.25) is 11.6 Å². The molecule has 1 aliphatic rings. The summed E-state index contributed by atoms with van der Waals surface area (Å²) in [5.41, 5.74) is 2.13. The number of carboxylic acids is 1. The van der Waals surface area contributed by atoms with Crippen molar-refractivity contribution in [3.8, 4) is 0 Å². The topological polar surface area (TPSA) is 71.4 Å². The lowest BCUT2D eigenvalue weighted by atomic mass is 9.85. The molecule has 0 heterocycles. The van der Waals surface area contributed by atoms with Crippen LogP contribution >= 0.6 is 0 Å². The number of carboxylic acid groups (broad SMARTS) is 1. The second-order valence-electron chi connectivity index (χ2n) is 4.68. The number of benzene rings is 2. The summed E-state index contributed by atoms with van der Waals surface area (Å²) in [5, 5.41) is 9.09. The molecule has 1 N–H and O–H groups in total. The van der Waals surface area contributed by atoms with Crippen molar-refractivity contribution in [1.82, 2.24) is 0 Å². The second-order valence-corrected chi connectivity index (χ2v) is 4.68. The van der Waals surface area contributed by atoms with Crippen LogP contribution in [0.25, 0.3) is 5.57 Å². The maximum absolute atomic E-state index is 11.9. The van der Waals surface area contributed by atoms with Crippen LogP contribution < -0.4 is 0 Å². The van der Waals surface area contributed by atoms with E-state index in [0.717, 1.165) is 5.56 Å². The molecule has 0 bridgehead atoms. The minimum Gasteiger partial charge on any atom is -0.478 e. The van der Waals surface area contributed by atoms with Gasteiger partial charge in [-0.1, -0.05) is 30.3 Å². The molecule has 0 unspecified atom stereocenters. The predicted octanol–water partition coefficient (Wildman–Crippen LogP) is 2.58. The normalized spacial score (nSPS) is 13.6. The molecule has 0 radical (unpaired) electrons. The summed E-state index contributed by atoms with van der Waals surface area (Å²) in [4.78, 5) is 34.9. The Morgan fingerprint density at radius 3 is 2.29 bits per heavy atom. The molecule has 4 heteroatoms. The molecular weight excluding hydrogens is 268 g/mol. The first-order chi connectivity index (χ1) is 10.1. The number of carbonyl (C=O) groups excluding carboxylic acids is 2. The molecule has 2 aromatic carbocycles. The van der Waals surface area contributed by atoms with Crippen molar-refractivity contribution < 1.29 is 19.5 Å². The lowest BCUT2D eigenvalue weighted by Crippen LogP contribution is -2.19. The van der Waals surface area contributed by atoms with E-state index < -0.39 is 17.5 Å². The molecule has 4 nitrogen and oxygen atoms in total. The third kappa shape index (κ3) is 2.17. The first kappa shape index (κ1) is 13.0. The number of ketones is 2. The zero-order valence-corrected chi connectivity index (χ0v) is 10.9. The van der Waals surface area contributed by atoms with Gasteiger partial charge in [0, 0.05) is 5.56 Å². The van der Waals surface area contributed by atoms with Crippen LogP contribution in [0.15, 0.2) is 54.6 Å². The lowest BCUT2D eigenvalue weighted by Gasteiger charge is -2.17. The van der Waals surface area contributed by atoms with E-state index in [0.29, 0.717) is 11.1 Å². The zero-order chi connectivity index (χ0) is 15.0. The van der Waals surface area contributed by atoms with Gasteiger partial charge >= 0.3 is 5.97 Å². The van der Waals surface area contributed by atoms with Crippen molar-refractivity contribution in [1.29, 1.82) is 0 Å². The summed E-state index contributed by atoms with van der Waals surface area (Å²) in [7, 11) is 0. The molecule has 102 valence electrons. The van der Waals surface area contributed by atoms with E-state index in [-0.39, 0.29) is 11.1 Å². The number of hydrogen-bond donors (Lipinski definition) is 1. The highest BCUT2D eigenvalue weighted by Crippen LogP contribution is 2.31. The molecule has 0 aliphatic heterocycles. The minimum absolute atomic E-state index is 0.0812. The smallest absolute Gasteiger partial charge is 0.335 e. The summed E-state index contributed by atoms with van der Waals surface area (Å²) in [6.07, 6.45) is 1.27. The summed E-state index contributed by atoms with van der Waals surface area (Å²) in [5.74, 6) is -2.28. The molecule has 0 aromatic heterocycles. The van der Waals surface area contributed by atoms with E-state index in [2.05, 4.69) is 0 Å². The molecule has 2 aromatic rings. The molecular formula is C17H10O4. The molecule has 0 atom stereocenters. The minimum atomic E-state index is -1.07. The number of aromatic carboxylic acids is 1. The third-order valence-electron chi connectivity index (χ3n) is 3.39. The van der Waals surface area contributed by atoms with Gasteiger partial charge in [0.15, 0.2) is 0 Å². The second kappa shape index (κ2) is 4.83. The number of carbonyl (C=O) groups is 3. The number of Topliss-reactive ketones (excluding diaryl/α,β-unsaturated/α-hetero) is 1. The van der Waals surface area contributed by atoms with Crippen molar-refractivity contribution in [2.24, 2.45) is 0 Å². The van der Waals surface area contributed by atoms with Crippen LogP contribution in [0.2, 0.25) is 0 Å². The fraction of sp³-hybridized carbons (Fsp3) is 0. The van der Waals surface area contributed by atoms with Crippen LogP contribution in [0.3, 0.4) is 0 Å². The van der Waals surface area contributed by atoms with Gasteiger partial charge in [0.05, 0.1) is 5.56 Å². The van der Waals surface area contributed by atoms with Crippen LogP contribution in [-0.2, 0) is 4.79 Å². The molecule has 0 spiro atoms. The number of rotatable bonds is 2. The first-order valence-corrected chi connectivity index (χ1v) is 6.31. The molecule has 21 heavy (non-hydrogen) atoms. The lowest BCUT2D eigenvalue weighted by molar-refractivity contribution is -0.111. The Kier molecular flexibility index (Phi) is 2.99. The Hall–Kier alpha value is -3.01. The molecule has 0 fully saturated rings. The third-order valence-corrected chi connectivity index (χ3v) is 3.39. The van der Waals surface area contributed by atoms with E-state index in [1.807, 2.05) is 30.3 Å². The van der Waals surface area contributed by atoms with Gasteiger partial charge in [0.25, 0.3) is 0 Å². The van der Waals surface area contributed by atoms with Crippen LogP contribution in [0.1, 0.15) is 31.8 Å². The van der Waals surface area contributed by atoms with Crippen LogP contribution in [0.4, 0.5) is 0 Å². The number of allylic oxidation sites excluding steroid dienone is 1. The van der Waals surface area contributed by atoms with Crippen molar-refractivity contribution in [3.05, 3.63) is 76.9 Å². The monoisotopic (exact) mass is 278 g/mol. The SMILES string of the molecule is O=C1C=C(c2ccccc2)c2cc(C(=O)O)ccc2C1=O. The quantitative estimate of drug-likeness (QED) is 0.857. The Labute approximate surface area is 120 Å². The first-order valence-electron chi connectivity index (χ1n) is 6.31. The highest BCUT2D eigenvalue weighted by Gasteiger charge is 2.27. The average molecular weight is 278 g/mol. The Bertz CT molecular complexity index is 801. The van der Waals surface area contributed by atoms with E-state index in [1.54, 1.807) is 0 Å². The number of hydrogen-bond acceptors (Lipinski definition) is 3. The summed E-state index contributed by atoms with van der Waals surface area (Å²) in [6, 6.07) is 13.3. The molecule has 0 amide bonds. The summed E-state index contributed by atoms with van der Waals surface area (Å²) >= 11 is 0. The predicted molar refractivity (Wildman–Crippen MR) is 76.3 cm³/mol. The Morgan fingerprint density at radius 2 is 1.62 bits per heavy atom. The van der Waals surface area contributed by atoms with E-state index >= 15 is 0 Å². The highest BCUT2D eigenvalue weighted by molar-refractivity contribution is 6.51. The van der Waals surface area contributed by atoms with Gasteiger partial charge in [0.1, 0.15) is 0 Å². The van der Waals surface area contributed by atoms with E-state index in [4.69, 9.17) is 5.11 Å². The van der Waals surface area contributed by atoms with Crippen LogP contribution in [0, 0.1) is 0 Å². The van der Waals surface area contributed by atoms with Crippen LogP contribution in [0.5, 0.6) is 0 Å². The molecule has 0 saturated carbocycles. The fourth-order valence-corrected chi connectivity index (χ4v) is 2.36. The van der Waals surface area contributed by atoms with Gasteiger partial charge < -0.3 is 5.11 Å². The van der Waals surface area contributed by atoms with Gasteiger partial charge in [-0.05, 0) is 41.0 Å². The maximum Gasteiger partial charge on any atom is 0.335 e. The largest absolute Gasteiger partial charge is 0.478 e. The number of fused-ring (bicyclic) bond motifs is 1. The Morgan fingerprint density at radius 1 is 0.905 bits per heavy atom. The van der Waals surface area contributed by atoms with Crippen molar-refractivity contribution in [2.45, 2.75) is 0 Å². The molecule has 1 aliphatic carbocycles. The maximum atomic E-state index is 11.9. The molecule has 0 saturated heterocycles. The van der Waals surface area contributed by atoms with Gasteiger partial charge in [-0.15, -0.1) is 0 Å². The molecule has 3 rings (SSSR count). The Balaban J connectivity index is 2.26. The zero-order valence-electron chi connectivity index (χ0n) is 10.9. The van der Waals surface area contributed by atoms with Crippen LogP contribution in [-0.4, -0.2) is 22.6 Å². The van der Waals surface area contributed by atoms with Crippen molar-refractivity contribution in [3.63, 3.8) is 0 Å². The van der Waals surface area contributed by atoms with Gasteiger partial charge in [-0.3, -0.25) is 9.59 Å². The highest BCUT2D eigenvalue weighted by atomic mass is 16.4. The van der Waals surface area contributed by atoms with Gasteiger partial charge in [-0.2, -0.15) is 0 Å². The summed E-state index contributed by atoms with van der Waals surface area (Å²) < 4.78 is 0. The van der Waals surface area contributed by atoms with Gasteiger partial charge in [-0.25, -0.2) is 4.79 Å². The van der Waals surface area contributed by atoms with E-state index in [1.165, 1.54) is 24.3 Å². The standard InChI is InChI=1S/C17H10O4/c18-15-9-13(10-4-2-1-3-5-10)14-8-11(17(20)21)6-7-12(14)16(15)19/h1-9H,(H,20,21). The van der Waals surface area contributed by atoms with Crippen molar-refractivity contribution in [2.75, 3.05) is 0 Å². The fourth-order valence-electron chi connectivity index (χ4n) is 2.36. The van der Waals surface area contributed by atoms with E-state index in [9.17, 15) is 14.4 Å². The average Bonchev–Trinajstić information content (AvgIpc) is 2.51.